The first kappa shape index (κ1) is 36.2. The molecule has 0 aromatic heterocycles. The van der Waals surface area contributed by atoms with Crippen molar-refractivity contribution >= 4 is 14.9 Å². The molecule has 0 nitrogen and oxygen atoms in total. The summed E-state index contributed by atoms with van der Waals surface area (Å²) in [6.45, 7) is 9.22. The molecule has 0 saturated carbocycles. The topological polar surface area (TPSA) is 0 Å². The van der Waals surface area contributed by atoms with E-state index in [4.69, 9.17) is 0 Å². The average molecular weight is 698 g/mol. The van der Waals surface area contributed by atoms with Crippen LogP contribution in [0.1, 0.15) is 82.1 Å². The van der Waals surface area contributed by atoms with E-state index >= 15 is 0 Å². The first-order valence-electron chi connectivity index (χ1n) is 15.8. The van der Waals surface area contributed by atoms with Crippen LogP contribution in [0.4, 0.5) is 0 Å². The molecule has 3 aromatic carbocycles. The normalized spacial score (nSPS) is 17.4. The number of fused-ring (bicyclic) bond motifs is 2. The van der Waals surface area contributed by atoms with Crippen LogP contribution in [0.3, 0.4) is 0 Å². The van der Waals surface area contributed by atoms with Crippen molar-refractivity contribution in [2.45, 2.75) is 72.6 Å². The molecule has 44 heavy (non-hydrogen) atoms. The molecule has 3 aromatic rings. The Morgan fingerprint density at radius 2 is 1.52 bits per heavy atom. The van der Waals surface area contributed by atoms with Gasteiger partial charge in [0.2, 0.25) is 0 Å². The van der Waals surface area contributed by atoms with E-state index < -0.39 is 0 Å². The Bertz CT molecular complexity index is 1650. The van der Waals surface area contributed by atoms with Crippen molar-refractivity contribution in [3.63, 3.8) is 0 Å². The molecular weight excluding hydrogens is 655 g/mol. The first-order valence-corrected chi connectivity index (χ1v) is 17.1. The fraction of sp³-hybridized carbons (Fsp3) is 0.293. The van der Waals surface area contributed by atoms with E-state index in [9.17, 15) is 0 Å². The molecule has 0 fully saturated rings. The van der Waals surface area contributed by atoms with E-state index in [1.54, 1.807) is 5.57 Å². The third-order valence-electron chi connectivity index (χ3n) is 8.87. The van der Waals surface area contributed by atoms with E-state index in [1.165, 1.54) is 96.1 Å². The van der Waals surface area contributed by atoms with Gasteiger partial charge in [-0.2, -0.15) is 0 Å². The zero-order valence-corrected chi connectivity index (χ0v) is 30.5. The van der Waals surface area contributed by atoms with Gasteiger partial charge in [0, 0.05) is 0 Å². The van der Waals surface area contributed by atoms with Crippen molar-refractivity contribution in [2.75, 3.05) is 0 Å². The summed E-state index contributed by atoms with van der Waals surface area (Å²) in [5, 5.41) is 2.78. The number of rotatable bonds is 9. The molecule has 3 aliphatic carbocycles. The van der Waals surface area contributed by atoms with Gasteiger partial charge in [0.05, 0.1) is 0 Å². The van der Waals surface area contributed by atoms with Gasteiger partial charge in [0.1, 0.15) is 0 Å². The minimum atomic E-state index is 0. The molecule has 1 unspecified atom stereocenters. The fourth-order valence-corrected chi connectivity index (χ4v) is 7.56. The summed E-state index contributed by atoms with van der Waals surface area (Å²) >= 11 is 1.46. The van der Waals surface area contributed by atoms with Crippen LogP contribution in [-0.2, 0) is 37.1 Å². The second-order valence-electron chi connectivity index (χ2n) is 11.6. The number of aryl methyl sites for hydroxylation is 2. The molecule has 3 aliphatic rings. The molecule has 226 valence electrons. The predicted molar refractivity (Wildman–Crippen MR) is 178 cm³/mol. The predicted octanol–water partition coefficient (Wildman–Crippen LogP) is 2.78. The summed E-state index contributed by atoms with van der Waals surface area (Å²) in [4.78, 5) is 0. The summed E-state index contributed by atoms with van der Waals surface area (Å²) in [6, 6.07) is 25.9. The van der Waals surface area contributed by atoms with Crippen molar-refractivity contribution in [3.05, 3.63) is 153 Å². The van der Waals surface area contributed by atoms with Crippen LogP contribution in [0, 0.1) is 5.41 Å². The fourth-order valence-electron chi connectivity index (χ4n) is 6.74. The summed E-state index contributed by atoms with van der Waals surface area (Å²) in [7, 11) is 0. The molecule has 1 atom stereocenters. The van der Waals surface area contributed by atoms with Crippen molar-refractivity contribution in [2.24, 2.45) is 5.41 Å². The van der Waals surface area contributed by atoms with Gasteiger partial charge >= 0.3 is 99.2 Å². The Balaban J connectivity index is 0.000000280. The third kappa shape index (κ3) is 7.55. The van der Waals surface area contributed by atoms with E-state index in [1.807, 2.05) is 0 Å². The van der Waals surface area contributed by atoms with Crippen molar-refractivity contribution in [1.82, 2.24) is 0 Å². The van der Waals surface area contributed by atoms with E-state index in [0.29, 0.717) is 0 Å². The summed E-state index contributed by atoms with van der Waals surface area (Å²) in [5.41, 5.74) is 11.6. The van der Waals surface area contributed by atoms with Crippen LogP contribution in [0.2, 0.25) is 0 Å². The Labute approximate surface area is 292 Å². The Kier molecular flexibility index (Phi) is 13.8. The summed E-state index contributed by atoms with van der Waals surface area (Å²) in [6.07, 6.45) is 23.8. The van der Waals surface area contributed by atoms with Crippen LogP contribution in [-0.4, -0.2) is 3.21 Å². The van der Waals surface area contributed by atoms with Crippen LogP contribution >= 0.6 is 0 Å². The molecular formula is C41H43Cl2Zr-. The van der Waals surface area contributed by atoms with E-state index in [0.717, 1.165) is 25.7 Å². The SMILES string of the molecule is CCCc1cc(CC)cc2c1=C1C=CC(CC)(CCC)C(C3=CC=CC3)=C1[C-]=2.[Cl-].[Cl-].[Zr+2]=[C](c1ccccc1)c1ccccc1. The molecule has 0 spiro atoms. The van der Waals surface area contributed by atoms with Gasteiger partial charge in [0.25, 0.3) is 0 Å². The van der Waals surface area contributed by atoms with Crippen molar-refractivity contribution in [3.8, 4) is 0 Å². The molecule has 0 radical (unpaired) electrons. The Morgan fingerprint density at radius 1 is 0.864 bits per heavy atom. The van der Waals surface area contributed by atoms with Crippen molar-refractivity contribution in [1.29, 1.82) is 0 Å². The molecule has 0 aliphatic heterocycles. The van der Waals surface area contributed by atoms with Crippen molar-refractivity contribution < 1.29 is 49.0 Å². The summed E-state index contributed by atoms with van der Waals surface area (Å²) in [5.74, 6) is 0. The second kappa shape index (κ2) is 16.8. The van der Waals surface area contributed by atoms with Gasteiger partial charge in [-0.1, -0.05) is 99.3 Å². The second-order valence-corrected chi connectivity index (χ2v) is 12.8. The Morgan fingerprint density at radius 3 is 2.05 bits per heavy atom. The van der Waals surface area contributed by atoms with Crippen LogP contribution in [0.15, 0.2) is 120 Å². The first-order chi connectivity index (χ1) is 20.5. The van der Waals surface area contributed by atoms with Crippen LogP contribution in [0.25, 0.3) is 11.6 Å². The monoisotopic (exact) mass is 695 g/mol. The van der Waals surface area contributed by atoms with Gasteiger partial charge in [-0.3, -0.25) is 0 Å². The number of hydrogen-bond donors (Lipinski definition) is 0. The van der Waals surface area contributed by atoms with Crippen LogP contribution in [0.5, 0.6) is 0 Å². The Hall–Kier alpha value is -2.31. The van der Waals surface area contributed by atoms with E-state index in [2.05, 4.69) is 137 Å². The number of benzene rings is 3. The number of allylic oxidation sites excluding steroid dienone is 8. The van der Waals surface area contributed by atoms with Gasteiger partial charge < -0.3 is 24.8 Å². The maximum absolute atomic E-state index is 3.91. The van der Waals surface area contributed by atoms with Gasteiger partial charge in [0.15, 0.2) is 0 Å². The van der Waals surface area contributed by atoms with E-state index in [-0.39, 0.29) is 30.2 Å². The van der Waals surface area contributed by atoms with Gasteiger partial charge in [-0.15, -0.1) is 33.7 Å². The zero-order chi connectivity index (χ0) is 29.5. The third-order valence-corrected chi connectivity index (χ3v) is 10.3. The molecule has 0 saturated heterocycles. The van der Waals surface area contributed by atoms with Gasteiger partial charge in [-0.25, -0.2) is 0 Å². The van der Waals surface area contributed by atoms with Gasteiger partial charge in [-0.05, 0) is 37.5 Å². The summed E-state index contributed by atoms with van der Waals surface area (Å²) < 4.78 is 1.42. The molecule has 3 heteroatoms. The molecule has 0 N–H and O–H groups in total. The molecule has 0 heterocycles. The minimum absolute atomic E-state index is 0. The number of halogens is 2. The quantitative estimate of drug-likeness (QED) is 0.302. The zero-order valence-electron chi connectivity index (χ0n) is 26.5. The number of hydrogen-bond acceptors (Lipinski definition) is 0. The molecule has 0 amide bonds. The average Bonchev–Trinajstić information content (AvgIpc) is 3.70. The molecule has 6 rings (SSSR count). The standard InChI is InChI=1S/C28H33.C13H10.2ClH.Zr/c1-5-11-22-17-20(7-3)18-23-19-25-24(26(22)23)14-16-28(8-4,15-6-2)27(25)21-12-9-10-13-21;1-3-7-12(8-4-1)11-13-9-5-2-6-10-13;;;/h9-10,12,14,16-18H,5-8,11,13,15H2,1-4H3;1-10H;2*1H;/q-1;;;;+2/p-2. The maximum atomic E-state index is 3.91. The molecule has 0 bridgehead atoms. The van der Waals surface area contributed by atoms with Crippen LogP contribution < -0.4 is 35.3 Å².